The highest BCUT2D eigenvalue weighted by Gasteiger charge is 2.28. The molecule has 4 rings (SSSR count). The van der Waals surface area contributed by atoms with Crippen molar-refractivity contribution in [1.82, 2.24) is 20.1 Å². The van der Waals surface area contributed by atoms with E-state index in [4.69, 9.17) is 4.74 Å². The van der Waals surface area contributed by atoms with Gasteiger partial charge >= 0.3 is 6.09 Å². The summed E-state index contributed by atoms with van der Waals surface area (Å²) < 4.78 is 7.48. The Morgan fingerprint density at radius 3 is 2.94 bits per heavy atom. The highest BCUT2D eigenvalue weighted by molar-refractivity contribution is 7.12. The number of thiophene rings is 1. The molecule has 0 fully saturated rings. The van der Waals surface area contributed by atoms with E-state index in [-0.39, 0.29) is 24.2 Å². The van der Waals surface area contributed by atoms with Gasteiger partial charge < -0.3 is 10.1 Å². The number of rotatable bonds is 9. The third-order valence-electron chi connectivity index (χ3n) is 6.28. The molecule has 0 saturated heterocycles. The monoisotopic (exact) mass is 491 g/mol. The summed E-state index contributed by atoms with van der Waals surface area (Å²) in [7, 11) is 0. The van der Waals surface area contributed by atoms with E-state index < -0.39 is 6.09 Å². The number of nitrogens with one attached hydrogen (secondary N) is 1. The summed E-state index contributed by atoms with van der Waals surface area (Å²) >= 11 is 1.50. The van der Waals surface area contributed by atoms with E-state index in [1.54, 1.807) is 12.4 Å². The lowest BCUT2D eigenvalue weighted by molar-refractivity contribution is -0.118. The zero-order chi connectivity index (χ0) is 24.8. The van der Waals surface area contributed by atoms with Crippen molar-refractivity contribution in [3.05, 3.63) is 68.9 Å². The van der Waals surface area contributed by atoms with Gasteiger partial charge in [-0.25, -0.2) is 4.79 Å². The predicted octanol–water partition coefficient (Wildman–Crippen LogP) is 4.32. The van der Waals surface area contributed by atoms with Gasteiger partial charge in [-0.05, 0) is 43.5 Å². The number of hydrogen-bond acceptors (Lipinski definition) is 7. The van der Waals surface area contributed by atoms with Crippen LogP contribution in [0.1, 0.15) is 64.9 Å². The van der Waals surface area contributed by atoms with Crippen molar-refractivity contribution in [2.75, 3.05) is 0 Å². The molecule has 3 aromatic heterocycles. The summed E-state index contributed by atoms with van der Waals surface area (Å²) in [6.45, 7) is 5.07. The predicted molar refractivity (Wildman–Crippen MR) is 132 cm³/mol. The minimum Gasteiger partial charge on any atom is -0.446 e. The lowest BCUT2D eigenvalue weighted by Crippen LogP contribution is -2.32. The quantitative estimate of drug-likeness (QED) is 0.477. The number of aryl methyl sites for hydroxylation is 1. The number of pyridine rings is 1. The van der Waals surface area contributed by atoms with E-state index in [1.807, 2.05) is 42.8 Å². The second-order valence-corrected chi connectivity index (χ2v) is 9.94. The fraction of sp³-hybridized carbons (Fsp3) is 0.423. The van der Waals surface area contributed by atoms with Crippen LogP contribution in [-0.2, 0) is 41.9 Å². The summed E-state index contributed by atoms with van der Waals surface area (Å²) in [6, 6.07) is 9.89. The van der Waals surface area contributed by atoms with Crippen LogP contribution in [0.15, 0.2) is 36.7 Å². The van der Waals surface area contributed by atoms with Gasteiger partial charge in [-0.15, -0.1) is 11.3 Å². The number of nitrogens with zero attached hydrogens (tertiary/aromatic N) is 4. The number of carbonyl (C=O) groups is 2. The van der Waals surface area contributed by atoms with Crippen LogP contribution < -0.4 is 5.32 Å². The SMILES string of the molecule is CCn1nccc1CNC(=O)OC1CCc2c(sc(CC(=O)CC(C)c3ccccn3)c2C#N)C1. The first-order chi connectivity index (χ1) is 17.0. The molecular formula is C26H29N5O3S. The number of ether oxygens (including phenoxy) is 1. The van der Waals surface area contributed by atoms with Crippen LogP contribution in [0.3, 0.4) is 0 Å². The van der Waals surface area contributed by atoms with Crippen LogP contribution in [0, 0.1) is 11.3 Å². The molecule has 182 valence electrons. The minimum atomic E-state index is -0.460. The molecule has 2 unspecified atom stereocenters. The molecule has 0 aromatic carbocycles. The molecule has 0 radical (unpaired) electrons. The normalized spacial score (nSPS) is 15.6. The lowest BCUT2D eigenvalue weighted by atomic mass is 9.92. The van der Waals surface area contributed by atoms with Crippen LogP contribution in [0.2, 0.25) is 0 Å². The highest BCUT2D eigenvalue weighted by atomic mass is 32.1. The number of alkyl carbamates (subject to hydrolysis) is 1. The Morgan fingerprint density at radius 2 is 2.20 bits per heavy atom. The van der Waals surface area contributed by atoms with Gasteiger partial charge in [-0.2, -0.15) is 10.4 Å². The second kappa shape index (κ2) is 11.3. The van der Waals surface area contributed by atoms with Crippen LogP contribution in [0.25, 0.3) is 0 Å². The van der Waals surface area contributed by atoms with Gasteiger partial charge in [-0.3, -0.25) is 14.5 Å². The average Bonchev–Trinajstić information content (AvgIpc) is 3.46. The molecule has 3 aromatic rings. The minimum absolute atomic E-state index is 0.0241. The average molecular weight is 492 g/mol. The Kier molecular flexibility index (Phi) is 7.93. The Hall–Kier alpha value is -3.51. The summed E-state index contributed by atoms with van der Waals surface area (Å²) in [5.74, 6) is 0.118. The smallest absolute Gasteiger partial charge is 0.407 e. The van der Waals surface area contributed by atoms with Crippen LogP contribution in [0.4, 0.5) is 4.79 Å². The number of carbonyl (C=O) groups excluding carboxylic acids is 2. The third kappa shape index (κ3) is 5.95. The molecule has 0 spiro atoms. The maximum atomic E-state index is 12.8. The Morgan fingerprint density at radius 1 is 1.34 bits per heavy atom. The number of ketones is 1. The van der Waals surface area contributed by atoms with Crippen LogP contribution >= 0.6 is 11.3 Å². The van der Waals surface area contributed by atoms with E-state index in [9.17, 15) is 14.9 Å². The fourth-order valence-corrected chi connectivity index (χ4v) is 5.88. The maximum absolute atomic E-state index is 12.8. The highest BCUT2D eigenvalue weighted by Crippen LogP contribution is 2.36. The van der Waals surface area contributed by atoms with Gasteiger partial charge in [0.1, 0.15) is 18.0 Å². The molecule has 1 N–H and O–H groups in total. The molecule has 2 atom stereocenters. The molecule has 8 nitrogen and oxygen atoms in total. The van der Waals surface area contributed by atoms with Crippen molar-refractivity contribution in [3.8, 4) is 6.07 Å². The van der Waals surface area contributed by atoms with Crippen LogP contribution in [-0.4, -0.2) is 32.7 Å². The van der Waals surface area contributed by atoms with Crippen molar-refractivity contribution < 1.29 is 14.3 Å². The fourth-order valence-electron chi connectivity index (χ4n) is 4.48. The largest absolute Gasteiger partial charge is 0.446 e. The van der Waals surface area contributed by atoms with Gasteiger partial charge in [0, 0.05) is 59.6 Å². The van der Waals surface area contributed by atoms with E-state index in [0.717, 1.165) is 33.3 Å². The van der Waals surface area contributed by atoms with Crippen molar-refractivity contribution in [2.45, 2.75) is 71.1 Å². The standard InChI is InChI=1S/C26H29N5O3S/c1-3-31-18(9-11-30-31)16-29-26(33)34-20-7-8-21-22(15-27)24(35-25(21)14-20)13-19(32)12-17(2)23-6-4-5-10-28-23/h4-6,9-11,17,20H,3,7-8,12-14,16H2,1-2H3,(H,29,33). The molecule has 1 aliphatic carbocycles. The molecule has 9 heteroatoms. The van der Waals surface area contributed by atoms with E-state index in [0.29, 0.717) is 37.8 Å². The first-order valence-corrected chi connectivity index (χ1v) is 12.7. The number of hydrogen-bond donors (Lipinski definition) is 1. The molecular weight excluding hydrogens is 462 g/mol. The zero-order valence-electron chi connectivity index (χ0n) is 20.0. The first kappa shape index (κ1) is 24.6. The number of fused-ring (bicyclic) bond motifs is 1. The summed E-state index contributed by atoms with van der Waals surface area (Å²) in [4.78, 5) is 31.3. The Balaban J connectivity index is 1.34. The second-order valence-electron chi connectivity index (χ2n) is 8.75. The molecule has 35 heavy (non-hydrogen) atoms. The Bertz CT molecular complexity index is 1230. The summed E-state index contributed by atoms with van der Waals surface area (Å²) in [5, 5.41) is 16.8. The van der Waals surface area contributed by atoms with Crippen molar-refractivity contribution in [2.24, 2.45) is 0 Å². The van der Waals surface area contributed by atoms with Gasteiger partial charge in [0.05, 0.1) is 17.8 Å². The van der Waals surface area contributed by atoms with Crippen molar-refractivity contribution >= 4 is 23.2 Å². The molecule has 0 bridgehead atoms. The summed E-state index contributed by atoms with van der Waals surface area (Å²) in [5.41, 5.74) is 3.44. The van der Waals surface area contributed by atoms with Gasteiger partial charge in [0.2, 0.25) is 0 Å². The van der Waals surface area contributed by atoms with Crippen molar-refractivity contribution in [3.63, 3.8) is 0 Å². The van der Waals surface area contributed by atoms with Gasteiger partial charge in [-0.1, -0.05) is 13.0 Å². The van der Waals surface area contributed by atoms with E-state index >= 15 is 0 Å². The van der Waals surface area contributed by atoms with E-state index in [1.165, 1.54) is 11.3 Å². The van der Waals surface area contributed by atoms with Crippen LogP contribution in [0.5, 0.6) is 0 Å². The topological polar surface area (TPSA) is 110 Å². The molecule has 3 heterocycles. The molecule has 0 saturated carbocycles. The van der Waals surface area contributed by atoms with Gasteiger partial charge in [0.15, 0.2) is 0 Å². The van der Waals surface area contributed by atoms with E-state index in [2.05, 4.69) is 21.5 Å². The van der Waals surface area contributed by atoms with Crippen molar-refractivity contribution in [1.29, 1.82) is 5.26 Å². The Labute approximate surface area is 208 Å². The lowest BCUT2D eigenvalue weighted by Gasteiger charge is -2.22. The number of Topliss-reactive ketones (excluding diaryl/α,β-unsaturated/α-hetero) is 1. The van der Waals surface area contributed by atoms with Gasteiger partial charge in [0.25, 0.3) is 0 Å². The third-order valence-corrected chi connectivity index (χ3v) is 7.53. The zero-order valence-corrected chi connectivity index (χ0v) is 20.8. The molecule has 1 aliphatic rings. The molecule has 0 aliphatic heterocycles. The molecule has 1 amide bonds. The first-order valence-electron chi connectivity index (χ1n) is 11.9. The number of amides is 1. The summed E-state index contributed by atoms with van der Waals surface area (Å²) in [6.07, 6.45) is 5.23. The number of aromatic nitrogens is 3. The number of nitriles is 1. The maximum Gasteiger partial charge on any atom is 0.407 e.